The van der Waals surface area contributed by atoms with Crippen molar-refractivity contribution < 1.29 is 4.74 Å². The Labute approximate surface area is 126 Å². The van der Waals surface area contributed by atoms with Gasteiger partial charge in [0.15, 0.2) is 0 Å². The smallest absolute Gasteiger partial charge is 0.124 e. The van der Waals surface area contributed by atoms with Gasteiger partial charge in [0.2, 0.25) is 0 Å². The number of methoxy groups -OCH3 is 1. The highest BCUT2D eigenvalue weighted by Gasteiger charge is 2.17. The molecule has 4 heteroatoms. The summed E-state index contributed by atoms with van der Waals surface area (Å²) in [6.45, 7) is 2.06. The number of nitrogens with zero attached hydrogens (tertiary/aromatic N) is 1. The summed E-state index contributed by atoms with van der Waals surface area (Å²) in [5, 5.41) is 0. The minimum atomic E-state index is -0.101. The summed E-state index contributed by atoms with van der Waals surface area (Å²) in [4.78, 5) is 2.07. The fourth-order valence-corrected chi connectivity index (χ4v) is 2.41. The summed E-state index contributed by atoms with van der Waals surface area (Å²) >= 11 is 0. The van der Waals surface area contributed by atoms with Gasteiger partial charge in [0.25, 0.3) is 0 Å². The van der Waals surface area contributed by atoms with Crippen molar-refractivity contribution in [2.45, 2.75) is 13.0 Å². The molecule has 0 aliphatic rings. The predicted molar refractivity (Wildman–Crippen MR) is 87.7 cm³/mol. The Morgan fingerprint density at radius 3 is 2.29 bits per heavy atom. The fourth-order valence-electron chi connectivity index (χ4n) is 2.41. The van der Waals surface area contributed by atoms with Gasteiger partial charge in [-0.05, 0) is 30.7 Å². The van der Waals surface area contributed by atoms with E-state index in [1.807, 2.05) is 26.2 Å². The van der Waals surface area contributed by atoms with E-state index in [9.17, 15) is 0 Å². The Morgan fingerprint density at radius 1 is 1.10 bits per heavy atom. The largest absolute Gasteiger partial charge is 0.496 e. The van der Waals surface area contributed by atoms with Crippen LogP contribution >= 0.6 is 0 Å². The molecule has 0 radical (unpaired) electrons. The maximum absolute atomic E-state index is 5.79. The lowest BCUT2D eigenvalue weighted by atomic mass is 9.96. The van der Waals surface area contributed by atoms with Gasteiger partial charge in [0, 0.05) is 25.3 Å². The molecule has 0 fully saturated rings. The van der Waals surface area contributed by atoms with Gasteiger partial charge in [-0.15, -0.1) is 0 Å². The van der Waals surface area contributed by atoms with Crippen LogP contribution in [0.3, 0.4) is 0 Å². The first-order chi connectivity index (χ1) is 10.1. The van der Waals surface area contributed by atoms with Crippen LogP contribution in [0.2, 0.25) is 0 Å². The minimum Gasteiger partial charge on any atom is -0.496 e. The van der Waals surface area contributed by atoms with Crippen LogP contribution in [0, 0.1) is 6.92 Å². The van der Waals surface area contributed by atoms with Crippen LogP contribution in [0.15, 0.2) is 42.5 Å². The number of anilines is 1. The standard InChI is InChI=1S/C17H23N3O/c1-12-5-10-16(21-4)15(11-12)17(19-18)13-6-8-14(9-7-13)20(2)3/h5-11,17,19H,18H2,1-4H3. The fraction of sp³-hybridized carbons (Fsp3) is 0.294. The van der Waals surface area contributed by atoms with Crippen LogP contribution in [0.1, 0.15) is 22.7 Å². The van der Waals surface area contributed by atoms with Gasteiger partial charge in [0.05, 0.1) is 13.2 Å². The molecule has 0 saturated carbocycles. The highest BCUT2D eigenvalue weighted by Crippen LogP contribution is 2.31. The first-order valence-corrected chi connectivity index (χ1v) is 6.94. The van der Waals surface area contributed by atoms with E-state index in [1.165, 1.54) is 5.56 Å². The number of hydrogen-bond donors (Lipinski definition) is 2. The molecule has 4 nitrogen and oxygen atoms in total. The number of rotatable bonds is 5. The van der Waals surface area contributed by atoms with Crippen LogP contribution in [0.5, 0.6) is 5.75 Å². The third kappa shape index (κ3) is 3.35. The van der Waals surface area contributed by atoms with E-state index in [4.69, 9.17) is 10.6 Å². The topological polar surface area (TPSA) is 50.5 Å². The van der Waals surface area contributed by atoms with Gasteiger partial charge in [-0.1, -0.05) is 29.8 Å². The van der Waals surface area contributed by atoms with Gasteiger partial charge in [0.1, 0.15) is 5.75 Å². The molecule has 0 saturated heterocycles. The Hall–Kier alpha value is -2.04. The third-order valence-electron chi connectivity index (χ3n) is 3.61. The molecule has 1 atom stereocenters. The average molecular weight is 285 g/mol. The van der Waals surface area contributed by atoms with Crippen molar-refractivity contribution in [2.75, 3.05) is 26.1 Å². The summed E-state index contributed by atoms with van der Waals surface area (Å²) < 4.78 is 5.46. The van der Waals surface area contributed by atoms with Crippen LogP contribution in [-0.2, 0) is 0 Å². The number of hydrogen-bond acceptors (Lipinski definition) is 4. The molecule has 2 aromatic carbocycles. The van der Waals surface area contributed by atoms with Crippen molar-refractivity contribution >= 4 is 5.69 Å². The first-order valence-electron chi connectivity index (χ1n) is 6.94. The molecule has 0 aromatic heterocycles. The third-order valence-corrected chi connectivity index (χ3v) is 3.61. The van der Waals surface area contributed by atoms with Crippen LogP contribution in [0.25, 0.3) is 0 Å². The van der Waals surface area contributed by atoms with Crippen LogP contribution < -0.4 is 20.9 Å². The highest BCUT2D eigenvalue weighted by molar-refractivity contribution is 5.49. The van der Waals surface area contributed by atoms with Crippen molar-refractivity contribution in [3.05, 3.63) is 59.2 Å². The van der Waals surface area contributed by atoms with Crippen molar-refractivity contribution in [3.63, 3.8) is 0 Å². The van der Waals surface area contributed by atoms with E-state index >= 15 is 0 Å². The molecule has 0 heterocycles. The molecule has 2 rings (SSSR count). The Kier molecular flexibility index (Phi) is 4.83. The molecule has 0 aliphatic heterocycles. The predicted octanol–water partition coefficient (Wildman–Crippen LogP) is 2.62. The van der Waals surface area contributed by atoms with E-state index in [0.717, 1.165) is 22.6 Å². The zero-order valence-corrected chi connectivity index (χ0v) is 13.1. The first kappa shape index (κ1) is 15.4. The van der Waals surface area contributed by atoms with Crippen molar-refractivity contribution in [1.82, 2.24) is 5.43 Å². The van der Waals surface area contributed by atoms with Gasteiger partial charge >= 0.3 is 0 Å². The summed E-state index contributed by atoms with van der Waals surface area (Å²) in [6.07, 6.45) is 0. The monoisotopic (exact) mass is 285 g/mol. The summed E-state index contributed by atoms with van der Waals surface area (Å²) in [5.74, 6) is 6.63. The van der Waals surface area contributed by atoms with Crippen molar-refractivity contribution in [2.24, 2.45) is 5.84 Å². The highest BCUT2D eigenvalue weighted by atomic mass is 16.5. The number of hydrazine groups is 1. The molecular weight excluding hydrogens is 262 g/mol. The molecule has 3 N–H and O–H groups in total. The van der Waals surface area contributed by atoms with Gasteiger partial charge in [-0.25, -0.2) is 5.43 Å². The van der Waals surface area contributed by atoms with E-state index < -0.39 is 0 Å². The number of nitrogens with one attached hydrogen (secondary N) is 1. The van der Waals surface area contributed by atoms with Gasteiger partial charge < -0.3 is 9.64 Å². The Morgan fingerprint density at radius 2 is 1.76 bits per heavy atom. The normalized spacial score (nSPS) is 12.0. The maximum Gasteiger partial charge on any atom is 0.124 e. The van der Waals surface area contributed by atoms with E-state index in [2.05, 4.69) is 47.6 Å². The maximum atomic E-state index is 5.79. The van der Waals surface area contributed by atoms with Gasteiger partial charge in [-0.3, -0.25) is 5.84 Å². The van der Waals surface area contributed by atoms with Crippen molar-refractivity contribution in [1.29, 1.82) is 0 Å². The quantitative estimate of drug-likeness (QED) is 0.655. The van der Waals surface area contributed by atoms with E-state index in [0.29, 0.717) is 0 Å². The van der Waals surface area contributed by atoms with E-state index in [1.54, 1.807) is 7.11 Å². The second kappa shape index (κ2) is 6.61. The lowest BCUT2D eigenvalue weighted by molar-refractivity contribution is 0.404. The number of benzene rings is 2. The molecule has 112 valence electrons. The molecule has 2 aromatic rings. The van der Waals surface area contributed by atoms with Gasteiger partial charge in [-0.2, -0.15) is 0 Å². The lowest BCUT2D eigenvalue weighted by Gasteiger charge is -2.21. The molecule has 1 unspecified atom stereocenters. The minimum absolute atomic E-state index is 0.101. The Bertz CT molecular complexity index is 593. The molecule has 0 spiro atoms. The number of nitrogens with two attached hydrogens (primary N) is 1. The zero-order valence-electron chi connectivity index (χ0n) is 13.1. The van der Waals surface area contributed by atoms with Crippen LogP contribution in [-0.4, -0.2) is 21.2 Å². The summed E-state index contributed by atoms with van der Waals surface area (Å²) in [6, 6.07) is 14.3. The zero-order chi connectivity index (χ0) is 15.4. The molecule has 0 amide bonds. The van der Waals surface area contributed by atoms with Crippen molar-refractivity contribution in [3.8, 4) is 5.75 Å². The summed E-state index contributed by atoms with van der Waals surface area (Å²) in [7, 11) is 5.73. The Balaban J connectivity index is 2.41. The molecule has 0 bridgehead atoms. The molecule has 0 aliphatic carbocycles. The van der Waals surface area contributed by atoms with Crippen LogP contribution in [0.4, 0.5) is 5.69 Å². The molecule has 21 heavy (non-hydrogen) atoms. The second-order valence-electron chi connectivity index (χ2n) is 5.33. The summed E-state index contributed by atoms with van der Waals surface area (Å²) in [5.41, 5.74) is 7.37. The number of ether oxygens (including phenoxy) is 1. The average Bonchev–Trinajstić information content (AvgIpc) is 2.49. The van der Waals surface area contributed by atoms with E-state index in [-0.39, 0.29) is 6.04 Å². The second-order valence-corrected chi connectivity index (χ2v) is 5.33. The SMILES string of the molecule is COc1ccc(C)cc1C(NN)c1ccc(N(C)C)cc1. The molecular formula is C17H23N3O. The lowest BCUT2D eigenvalue weighted by Crippen LogP contribution is -2.29. The number of aryl methyl sites for hydroxylation is 1.